The summed E-state index contributed by atoms with van der Waals surface area (Å²) >= 11 is 0. The Balaban J connectivity index is 0. The normalized spacial score (nSPS) is 11.6. The van der Waals surface area contributed by atoms with Gasteiger partial charge in [0, 0.05) is 40.0 Å². The molecular formula is C36H54N2O2. The van der Waals surface area contributed by atoms with E-state index in [0.717, 1.165) is 41.3 Å². The Morgan fingerprint density at radius 1 is 0.975 bits per heavy atom. The number of allylic oxidation sites excluding steroid dienone is 1. The lowest BCUT2D eigenvalue weighted by Crippen LogP contribution is -2.32. The van der Waals surface area contributed by atoms with Crippen LogP contribution in [0, 0.1) is 0 Å². The van der Waals surface area contributed by atoms with Crippen LogP contribution >= 0.6 is 0 Å². The molecule has 2 atom stereocenters. The zero-order chi connectivity index (χ0) is 29.9. The average Bonchev–Trinajstić information content (AvgIpc) is 2.99. The van der Waals surface area contributed by atoms with Crippen molar-refractivity contribution in [3.05, 3.63) is 103 Å². The lowest BCUT2D eigenvalue weighted by atomic mass is 9.94. The lowest BCUT2D eigenvalue weighted by molar-refractivity contribution is -0.118. The smallest absolute Gasteiger partial charge is 0.251 e. The second-order valence-electron chi connectivity index (χ2n) is 9.56. The lowest BCUT2D eigenvalue weighted by Gasteiger charge is -2.29. The van der Waals surface area contributed by atoms with Crippen molar-refractivity contribution in [3.63, 3.8) is 0 Å². The zero-order valence-electron chi connectivity index (χ0n) is 25.6. The number of anilines is 1. The van der Waals surface area contributed by atoms with Gasteiger partial charge in [0.1, 0.15) is 5.78 Å². The van der Waals surface area contributed by atoms with Crippen molar-refractivity contribution in [2.45, 2.75) is 85.2 Å². The maximum absolute atomic E-state index is 13.4. The fourth-order valence-corrected chi connectivity index (χ4v) is 4.66. The first-order valence-electron chi connectivity index (χ1n) is 14.7. The molecule has 4 nitrogen and oxygen atoms in total. The van der Waals surface area contributed by atoms with Crippen LogP contribution in [0.2, 0.25) is 0 Å². The van der Waals surface area contributed by atoms with E-state index in [-0.39, 0.29) is 20.6 Å². The number of amides is 1. The summed E-state index contributed by atoms with van der Waals surface area (Å²) in [4.78, 5) is 27.8. The molecule has 0 aromatic heterocycles. The number of Topliss-reactive ketones (excluding diaryl/α,β-unsaturated/α-hetero) is 1. The number of fused-ring (bicyclic) bond motifs is 1. The SMILES string of the molecule is C=CC.C=CCC(CCC)N(C)c1cccc(C(=O)N[C@H](CCC(=O)CC)c2cccc3ccccc23)c1.CC.[HH].[HH]. The summed E-state index contributed by atoms with van der Waals surface area (Å²) in [6.07, 6.45) is 8.28. The molecule has 3 rings (SSSR count). The van der Waals surface area contributed by atoms with Gasteiger partial charge in [-0.3, -0.25) is 9.59 Å². The van der Waals surface area contributed by atoms with Crippen molar-refractivity contribution in [1.29, 1.82) is 0 Å². The van der Waals surface area contributed by atoms with E-state index in [1.165, 1.54) is 0 Å². The van der Waals surface area contributed by atoms with Gasteiger partial charge in [0.05, 0.1) is 6.04 Å². The van der Waals surface area contributed by atoms with E-state index >= 15 is 0 Å². The van der Waals surface area contributed by atoms with Gasteiger partial charge in [0.15, 0.2) is 0 Å². The van der Waals surface area contributed by atoms with Crippen LogP contribution in [-0.2, 0) is 4.79 Å². The number of carbonyl (C=O) groups is 2. The van der Waals surface area contributed by atoms with E-state index in [1.807, 2.05) is 76.2 Å². The van der Waals surface area contributed by atoms with Crippen molar-refractivity contribution in [3.8, 4) is 0 Å². The van der Waals surface area contributed by atoms with Crippen molar-refractivity contribution in [2.24, 2.45) is 0 Å². The highest BCUT2D eigenvalue weighted by Gasteiger charge is 2.20. The quantitative estimate of drug-likeness (QED) is 0.217. The van der Waals surface area contributed by atoms with Gasteiger partial charge in [-0.25, -0.2) is 0 Å². The Kier molecular flexibility index (Phi) is 16.7. The molecule has 0 aliphatic rings. The van der Waals surface area contributed by atoms with E-state index in [9.17, 15) is 9.59 Å². The highest BCUT2D eigenvalue weighted by molar-refractivity contribution is 5.96. The van der Waals surface area contributed by atoms with Crippen LogP contribution in [0.3, 0.4) is 0 Å². The van der Waals surface area contributed by atoms with E-state index in [0.29, 0.717) is 30.9 Å². The van der Waals surface area contributed by atoms with Gasteiger partial charge in [-0.15, -0.1) is 13.2 Å². The van der Waals surface area contributed by atoms with E-state index in [2.05, 4.69) is 61.6 Å². The summed E-state index contributed by atoms with van der Waals surface area (Å²) in [7, 11) is 2.08. The summed E-state index contributed by atoms with van der Waals surface area (Å²) in [5.41, 5.74) is 2.68. The number of rotatable bonds is 13. The van der Waals surface area contributed by atoms with Crippen molar-refractivity contribution >= 4 is 28.2 Å². The first kappa shape index (κ1) is 34.4. The third kappa shape index (κ3) is 10.5. The molecule has 4 heteroatoms. The molecule has 0 heterocycles. The fourth-order valence-electron chi connectivity index (χ4n) is 4.66. The highest BCUT2D eigenvalue weighted by atomic mass is 16.1. The van der Waals surface area contributed by atoms with Gasteiger partial charge in [-0.05, 0) is 60.7 Å². The van der Waals surface area contributed by atoms with Crippen LogP contribution in [0.25, 0.3) is 10.8 Å². The molecule has 0 saturated carbocycles. The number of ketones is 1. The third-order valence-corrected chi connectivity index (χ3v) is 6.73. The van der Waals surface area contributed by atoms with Gasteiger partial charge in [0.25, 0.3) is 5.91 Å². The van der Waals surface area contributed by atoms with Crippen LogP contribution in [0.5, 0.6) is 0 Å². The molecule has 0 bridgehead atoms. The average molecular weight is 547 g/mol. The molecule has 0 saturated heterocycles. The zero-order valence-corrected chi connectivity index (χ0v) is 25.6. The van der Waals surface area contributed by atoms with Gasteiger partial charge in [0.2, 0.25) is 0 Å². The number of hydrogen-bond donors (Lipinski definition) is 1. The molecule has 0 fully saturated rings. The molecule has 0 aliphatic heterocycles. The van der Waals surface area contributed by atoms with Gasteiger partial charge in [-0.1, -0.05) is 94.8 Å². The Morgan fingerprint density at radius 3 is 2.27 bits per heavy atom. The third-order valence-electron chi connectivity index (χ3n) is 6.73. The van der Waals surface area contributed by atoms with Crippen molar-refractivity contribution in [2.75, 3.05) is 11.9 Å². The van der Waals surface area contributed by atoms with E-state index in [4.69, 9.17) is 0 Å². The molecule has 0 radical (unpaired) electrons. The first-order chi connectivity index (χ1) is 19.4. The largest absolute Gasteiger partial charge is 0.371 e. The highest BCUT2D eigenvalue weighted by Crippen LogP contribution is 2.28. The monoisotopic (exact) mass is 546 g/mol. The molecule has 1 N–H and O–H groups in total. The van der Waals surface area contributed by atoms with Crippen LogP contribution in [0.15, 0.2) is 92.0 Å². The second-order valence-corrected chi connectivity index (χ2v) is 9.56. The minimum absolute atomic E-state index is 0. The predicted octanol–water partition coefficient (Wildman–Crippen LogP) is 9.96. The van der Waals surface area contributed by atoms with E-state index in [1.54, 1.807) is 6.08 Å². The summed E-state index contributed by atoms with van der Waals surface area (Å²) in [6, 6.07) is 22.2. The van der Waals surface area contributed by atoms with Crippen molar-refractivity contribution in [1.82, 2.24) is 5.32 Å². The summed E-state index contributed by atoms with van der Waals surface area (Å²) in [6.45, 7) is 17.2. The number of nitrogens with zero attached hydrogens (tertiary/aromatic N) is 1. The summed E-state index contributed by atoms with van der Waals surface area (Å²) in [5.74, 6) is 0.0789. The number of carbonyl (C=O) groups excluding carboxylic acids is 2. The van der Waals surface area contributed by atoms with Crippen LogP contribution in [0.4, 0.5) is 5.69 Å². The maximum Gasteiger partial charge on any atom is 0.251 e. The molecule has 3 aromatic carbocycles. The molecule has 3 aromatic rings. The molecule has 0 aliphatic carbocycles. The number of nitrogens with one attached hydrogen (secondary N) is 1. The van der Waals surface area contributed by atoms with Crippen LogP contribution < -0.4 is 10.2 Å². The minimum atomic E-state index is -0.251. The minimum Gasteiger partial charge on any atom is -0.371 e. The molecule has 220 valence electrons. The maximum atomic E-state index is 13.4. The number of benzene rings is 3. The Morgan fingerprint density at radius 2 is 1.62 bits per heavy atom. The van der Waals surface area contributed by atoms with Crippen LogP contribution in [-0.4, -0.2) is 24.8 Å². The molecule has 1 amide bonds. The summed E-state index contributed by atoms with van der Waals surface area (Å²) in [5, 5.41) is 5.47. The topological polar surface area (TPSA) is 49.4 Å². The first-order valence-corrected chi connectivity index (χ1v) is 14.7. The van der Waals surface area contributed by atoms with Gasteiger partial charge >= 0.3 is 0 Å². The Bertz CT molecular complexity index is 1210. The fraction of sp³-hybridized carbons (Fsp3) is 0.389. The second kappa shape index (κ2) is 19.4. The van der Waals surface area contributed by atoms with Crippen LogP contribution in [0.1, 0.15) is 98.0 Å². The van der Waals surface area contributed by atoms with E-state index < -0.39 is 0 Å². The molecular weight excluding hydrogens is 492 g/mol. The predicted molar refractivity (Wildman–Crippen MR) is 178 cm³/mol. The standard InChI is InChI=1S/C31H38N2O2.C3H6.C2H6.2H2/c1-5-12-25(13-6-2)33(4)26-17-10-16-24(22-26)31(35)32-30(21-20-27(34)7-3)29-19-11-15-23-14-8-9-18-28(23)29;1-3-2;1-2;;/h5,8-11,14-19,22,25,30H,1,6-7,12-13,20-21H2,2-4H3,(H,32,35);3H,1H2,2H3;1-2H3;2*1H/t25?,30-;;;;/m1..../s1. The van der Waals surface area contributed by atoms with Crippen molar-refractivity contribution < 1.29 is 12.4 Å². The summed E-state index contributed by atoms with van der Waals surface area (Å²) < 4.78 is 0. The Labute approximate surface area is 246 Å². The molecule has 0 spiro atoms. The molecule has 40 heavy (non-hydrogen) atoms. The number of hydrogen-bond acceptors (Lipinski definition) is 3. The van der Waals surface area contributed by atoms with Gasteiger partial charge < -0.3 is 10.2 Å². The van der Waals surface area contributed by atoms with Gasteiger partial charge in [-0.2, -0.15) is 0 Å². The Hall–Kier alpha value is -3.66. The molecule has 1 unspecified atom stereocenters.